The van der Waals surface area contributed by atoms with Gasteiger partial charge in [0.05, 0.1) is 23.9 Å². The maximum atomic E-state index is 12.1. The Hall–Kier alpha value is -2.72. The molecule has 0 unspecified atom stereocenters. The third-order valence-electron chi connectivity index (χ3n) is 3.69. The smallest absolute Gasteiger partial charge is 0.292 e. The van der Waals surface area contributed by atoms with Crippen LogP contribution in [0.15, 0.2) is 41.7 Å². The van der Waals surface area contributed by atoms with Gasteiger partial charge in [0, 0.05) is 25.2 Å². The first-order chi connectivity index (χ1) is 12.6. The highest BCUT2D eigenvalue weighted by Crippen LogP contribution is 2.24. The first-order valence-electron chi connectivity index (χ1n) is 7.94. The molecular weight excluding hydrogens is 358 g/mol. The van der Waals surface area contributed by atoms with Crippen LogP contribution in [-0.2, 0) is 9.53 Å². The van der Waals surface area contributed by atoms with E-state index in [4.69, 9.17) is 4.74 Å². The molecule has 3 rings (SSSR count). The first kappa shape index (κ1) is 18.1. The van der Waals surface area contributed by atoms with Gasteiger partial charge in [0.25, 0.3) is 5.69 Å². The minimum absolute atomic E-state index is 0.0889. The molecule has 0 atom stereocenters. The number of rotatable bonds is 6. The number of benzene rings is 1. The largest absolute Gasteiger partial charge is 0.378 e. The molecule has 1 N–H and O–H groups in total. The highest BCUT2D eigenvalue weighted by atomic mass is 32.2. The van der Waals surface area contributed by atoms with Gasteiger partial charge < -0.3 is 15.0 Å². The predicted octanol–water partition coefficient (Wildman–Crippen LogP) is 1.95. The third-order valence-corrected chi connectivity index (χ3v) is 4.61. The number of nitrogens with zero attached hydrogens (tertiary/aromatic N) is 4. The number of hydrogen-bond acceptors (Lipinski definition) is 8. The minimum atomic E-state index is -0.526. The fraction of sp³-hybridized carbons (Fsp3) is 0.312. The SMILES string of the molecule is O=C(CSc1cc(N2CCOCC2)ncn1)Nc1ccccc1[N+](=O)[O-]. The van der Waals surface area contributed by atoms with Gasteiger partial charge in [-0.1, -0.05) is 23.9 Å². The standard InChI is InChI=1S/C16H17N5O4S/c22-15(19-12-3-1-2-4-13(12)21(23)24)10-26-16-9-14(17-11-18-16)20-5-7-25-8-6-20/h1-4,9,11H,5-8,10H2,(H,19,22). The number of anilines is 2. The molecule has 136 valence electrons. The van der Waals surface area contributed by atoms with Gasteiger partial charge in [-0.15, -0.1) is 0 Å². The van der Waals surface area contributed by atoms with Crippen molar-refractivity contribution in [1.82, 2.24) is 9.97 Å². The van der Waals surface area contributed by atoms with Crippen molar-refractivity contribution in [3.8, 4) is 0 Å². The summed E-state index contributed by atoms with van der Waals surface area (Å²) < 4.78 is 5.32. The predicted molar refractivity (Wildman–Crippen MR) is 97.5 cm³/mol. The van der Waals surface area contributed by atoms with E-state index in [1.54, 1.807) is 12.1 Å². The van der Waals surface area contributed by atoms with Gasteiger partial charge in [-0.25, -0.2) is 9.97 Å². The highest BCUT2D eigenvalue weighted by molar-refractivity contribution is 7.99. The van der Waals surface area contributed by atoms with Gasteiger partial charge in [-0.3, -0.25) is 14.9 Å². The van der Waals surface area contributed by atoms with Crippen LogP contribution in [-0.4, -0.2) is 52.9 Å². The van der Waals surface area contributed by atoms with Crippen molar-refractivity contribution in [3.05, 3.63) is 46.8 Å². The van der Waals surface area contributed by atoms with Crippen LogP contribution in [0.3, 0.4) is 0 Å². The Morgan fingerprint density at radius 1 is 1.31 bits per heavy atom. The van der Waals surface area contributed by atoms with Gasteiger partial charge in [0.2, 0.25) is 5.91 Å². The number of amides is 1. The molecule has 2 heterocycles. The molecule has 0 radical (unpaired) electrons. The van der Waals surface area contributed by atoms with Crippen molar-refractivity contribution in [1.29, 1.82) is 0 Å². The fourth-order valence-corrected chi connectivity index (χ4v) is 3.10. The van der Waals surface area contributed by atoms with Crippen molar-refractivity contribution in [2.75, 3.05) is 42.3 Å². The summed E-state index contributed by atoms with van der Waals surface area (Å²) in [4.78, 5) is 33.1. The van der Waals surface area contributed by atoms with Crippen LogP contribution >= 0.6 is 11.8 Å². The van der Waals surface area contributed by atoms with Crippen LogP contribution in [0.25, 0.3) is 0 Å². The lowest BCUT2D eigenvalue weighted by atomic mass is 10.2. The zero-order valence-corrected chi connectivity index (χ0v) is 14.6. The Kier molecular flexibility index (Phi) is 5.97. The number of thioether (sulfide) groups is 1. The lowest BCUT2D eigenvalue weighted by Gasteiger charge is -2.27. The zero-order valence-electron chi connectivity index (χ0n) is 13.8. The summed E-state index contributed by atoms with van der Waals surface area (Å²) in [5.41, 5.74) is 0.0438. The Morgan fingerprint density at radius 3 is 2.85 bits per heavy atom. The van der Waals surface area contributed by atoms with Crippen molar-refractivity contribution in [2.45, 2.75) is 5.03 Å². The number of nitro groups is 1. The molecule has 1 amide bonds. The molecule has 1 saturated heterocycles. The number of aromatic nitrogens is 2. The number of para-hydroxylation sites is 2. The molecule has 1 fully saturated rings. The van der Waals surface area contributed by atoms with Crippen molar-refractivity contribution in [3.63, 3.8) is 0 Å². The van der Waals surface area contributed by atoms with Crippen LogP contribution in [0.1, 0.15) is 0 Å². The molecular formula is C16H17N5O4S. The van der Waals surface area contributed by atoms with E-state index in [1.165, 1.54) is 30.2 Å². The second-order valence-electron chi connectivity index (χ2n) is 5.42. The fourth-order valence-electron chi connectivity index (χ4n) is 2.44. The minimum Gasteiger partial charge on any atom is -0.378 e. The summed E-state index contributed by atoms with van der Waals surface area (Å²) in [6, 6.07) is 7.86. The van der Waals surface area contributed by atoms with E-state index < -0.39 is 4.92 Å². The average molecular weight is 375 g/mol. The van der Waals surface area contributed by atoms with Gasteiger partial charge in [0.1, 0.15) is 22.9 Å². The number of nitrogens with one attached hydrogen (secondary N) is 1. The lowest BCUT2D eigenvalue weighted by Crippen LogP contribution is -2.36. The molecule has 0 bridgehead atoms. The van der Waals surface area contributed by atoms with E-state index in [1.807, 2.05) is 6.07 Å². The quantitative estimate of drug-likeness (QED) is 0.353. The summed E-state index contributed by atoms with van der Waals surface area (Å²) >= 11 is 1.25. The molecule has 0 aliphatic carbocycles. The summed E-state index contributed by atoms with van der Waals surface area (Å²) in [6.45, 7) is 2.84. The molecule has 10 heteroatoms. The molecule has 1 aromatic carbocycles. The molecule has 26 heavy (non-hydrogen) atoms. The molecule has 0 spiro atoms. The van der Waals surface area contributed by atoms with E-state index in [-0.39, 0.29) is 23.0 Å². The van der Waals surface area contributed by atoms with Crippen molar-refractivity contribution < 1.29 is 14.5 Å². The second-order valence-corrected chi connectivity index (χ2v) is 6.42. The lowest BCUT2D eigenvalue weighted by molar-refractivity contribution is -0.383. The summed E-state index contributed by atoms with van der Waals surface area (Å²) in [5.74, 6) is 0.548. The normalized spacial score (nSPS) is 14.1. The van der Waals surface area contributed by atoms with Crippen molar-refractivity contribution in [2.24, 2.45) is 0 Å². The van der Waals surface area contributed by atoms with Gasteiger partial charge in [0.15, 0.2) is 0 Å². The number of nitro benzene ring substituents is 1. The number of carbonyl (C=O) groups is 1. The molecule has 1 aliphatic rings. The third kappa shape index (κ3) is 4.67. The van der Waals surface area contributed by atoms with Crippen molar-refractivity contribution >= 4 is 34.9 Å². The first-order valence-corrected chi connectivity index (χ1v) is 8.93. The molecule has 9 nitrogen and oxygen atoms in total. The van der Waals surface area contributed by atoms with E-state index in [0.29, 0.717) is 18.2 Å². The Bertz CT molecular complexity index is 798. The number of carbonyl (C=O) groups excluding carboxylic acids is 1. The van der Waals surface area contributed by atoms with Crippen LogP contribution in [0, 0.1) is 10.1 Å². The maximum Gasteiger partial charge on any atom is 0.292 e. The van der Waals surface area contributed by atoms with E-state index >= 15 is 0 Å². The summed E-state index contributed by atoms with van der Waals surface area (Å²) in [6.07, 6.45) is 1.47. The average Bonchev–Trinajstić information content (AvgIpc) is 2.67. The number of morpholine rings is 1. The maximum absolute atomic E-state index is 12.1. The monoisotopic (exact) mass is 375 g/mol. The van der Waals surface area contributed by atoms with Gasteiger partial charge in [-0.2, -0.15) is 0 Å². The van der Waals surface area contributed by atoms with E-state index in [0.717, 1.165) is 18.9 Å². The van der Waals surface area contributed by atoms with E-state index in [2.05, 4.69) is 20.2 Å². The number of hydrogen-bond donors (Lipinski definition) is 1. The highest BCUT2D eigenvalue weighted by Gasteiger charge is 2.16. The van der Waals surface area contributed by atoms with Crippen LogP contribution in [0.2, 0.25) is 0 Å². The Labute approximate surface area is 153 Å². The van der Waals surface area contributed by atoms with Gasteiger partial charge >= 0.3 is 0 Å². The molecule has 2 aromatic rings. The second kappa shape index (κ2) is 8.59. The Balaban J connectivity index is 1.59. The van der Waals surface area contributed by atoms with Gasteiger partial charge in [-0.05, 0) is 6.07 Å². The zero-order chi connectivity index (χ0) is 18.4. The molecule has 1 aliphatic heterocycles. The Morgan fingerprint density at radius 2 is 2.08 bits per heavy atom. The van der Waals surface area contributed by atoms with E-state index in [9.17, 15) is 14.9 Å². The molecule has 0 saturated carbocycles. The van der Waals surface area contributed by atoms with Crippen LogP contribution < -0.4 is 10.2 Å². The van der Waals surface area contributed by atoms with Crippen LogP contribution in [0.5, 0.6) is 0 Å². The molecule has 1 aromatic heterocycles. The number of ether oxygens (including phenoxy) is 1. The van der Waals surface area contributed by atoms with Crippen LogP contribution in [0.4, 0.5) is 17.2 Å². The topological polar surface area (TPSA) is 110 Å². The summed E-state index contributed by atoms with van der Waals surface area (Å²) in [5, 5.41) is 14.2. The summed E-state index contributed by atoms with van der Waals surface area (Å²) in [7, 11) is 0.